The maximum absolute atomic E-state index is 12.2. The van der Waals surface area contributed by atoms with Gasteiger partial charge in [-0.3, -0.25) is 4.72 Å². The van der Waals surface area contributed by atoms with Gasteiger partial charge in [-0.15, -0.1) is 0 Å². The standard InChI is InChI=1S/C9H4Br2Cl2N2O2S2/c10-4-1-5(12)8(6(13)2-4)19(16,17)15-9-14-3-7(11)18-9/h1-3H,(H,14,15). The van der Waals surface area contributed by atoms with E-state index in [1.807, 2.05) is 0 Å². The Bertz CT molecular complexity index is 711. The van der Waals surface area contributed by atoms with Crippen LogP contribution < -0.4 is 4.72 Å². The number of hydrogen-bond acceptors (Lipinski definition) is 4. The minimum Gasteiger partial charge on any atom is -0.255 e. The van der Waals surface area contributed by atoms with Crippen molar-refractivity contribution in [2.45, 2.75) is 4.90 Å². The van der Waals surface area contributed by atoms with Gasteiger partial charge >= 0.3 is 0 Å². The molecule has 1 aromatic carbocycles. The highest BCUT2D eigenvalue weighted by Gasteiger charge is 2.23. The zero-order valence-corrected chi connectivity index (χ0v) is 15.1. The van der Waals surface area contributed by atoms with Gasteiger partial charge in [-0.05, 0) is 28.1 Å². The molecule has 2 rings (SSSR count). The first-order chi connectivity index (χ1) is 8.79. The number of rotatable bonds is 3. The fourth-order valence-electron chi connectivity index (χ4n) is 1.25. The van der Waals surface area contributed by atoms with Gasteiger partial charge in [-0.1, -0.05) is 50.5 Å². The van der Waals surface area contributed by atoms with E-state index >= 15 is 0 Å². The van der Waals surface area contributed by atoms with E-state index in [0.717, 1.165) is 11.3 Å². The maximum atomic E-state index is 12.2. The lowest BCUT2D eigenvalue weighted by Crippen LogP contribution is -2.13. The van der Waals surface area contributed by atoms with Crippen LogP contribution in [0.25, 0.3) is 0 Å². The van der Waals surface area contributed by atoms with Crippen LogP contribution in [0.1, 0.15) is 0 Å². The Kier molecular flexibility index (Phi) is 4.79. The highest BCUT2D eigenvalue weighted by atomic mass is 79.9. The number of nitrogens with zero attached hydrogens (tertiary/aromatic N) is 1. The van der Waals surface area contributed by atoms with Gasteiger partial charge in [0, 0.05) is 4.47 Å². The second-order valence-corrected chi connectivity index (χ2v) is 9.03. The number of sulfonamides is 1. The van der Waals surface area contributed by atoms with Gasteiger partial charge in [-0.2, -0.15) is 0 Å². The van der Waals surface area contributed by atoms with Crippen molar-refractivity contribution < 1.29 is 8.42 Å². The van der Waals surface area contributed by atoms with Crippen molar-refractivity contribution in [2.24, 2.45) is 0 Å². The van der Waals surface area contributed by atoms with Crippen molar-refractivity contribution in [3.8, 4) is 0 Å². The van der Waals surface area contributed by atoms with Gasteiger partial charge in [0.2, 0.25) is 0 Å². The molecule has 1 N–H and O–H groups in total. The number of halogens is 4. The summed E-state index contributed by atoms with van der Waals surface area (Å²) in [7, 11) is -3.89. The van der Waals surface area contributed by atoms with Crippen molar-refractivity contribution in [1.29, 1.82) is 0 Å². The lowest BCUT2D eigenvalue weighted by atomic mass is 10.4. The number of anilines is 1. The summed E-state index contributed by atoms with van der Waals surface area (Å²) in [5.41, 5.74) is 0. The Morgan fingerprint density at radius 2 is 1.79 bits per heavy atom. The molecule has 0 unspecified atom stereocenters. The summed E-state index contributed by atoms with van der Waals surface area (Å²) < 4.78 is 28.1. The molecule has 19 heavy (non-hydrogen) atoms. The van der Waals surface area contributed by atoms with Crippen molar-refractivity contribution in [3.05, 3.63) is 36.6 Å². The fourth-order valence-corrected chi connectivity index (χ4v) is 5.54. The second-order valence-electron chi connectivity index (χ2n) is 3.27. The van der Waals surface area contributed by atoms with Gasteiger partial charge in [-0.25, -0.2) is 13.4 Å². The number of benzene rings is 1. The molecule has 0 spiro atoms. The molecular weight excluding hydrogens is 463 g/mol. The van der Waals surface area contributed by atoms with Crippen molar-refractivity contribution >= 4 is 81.6 Å². The highest BCUT2D eigenvalue weighted by molar-refractivity contribution is 9.11. The number of nitrogens with one attached hydrogen (secondary N) is 1. The van der Waals surface area contributed by atoms with E-state index in [0.29, 0.717) is 8.26 Å². The fraction of sp³-hybridized carbons (Fsp3) is 0. The van der Waals surface area contributed by atoms with Crippen LogP contribution in [-0.4, -0.2) is 13.4 Å². The molecule has 0 radical (unpaired) electrons. The minimum atomic E-state index is -3.89. The first-order valence-electron chi connectivity index (χ1n) is 4.58. The molecule has 0 amide bonds. The van der Waals surface area contributed by atoms with Crippen LogP contribution in [0.2, 0.25) is 10.0 Å². The monoisotopic (exact) mass is 464 g/mol. The van der Waals surface area contributed by atoms with Gasteiger partial charge < -0.3 is 0 Å². The molecule has 0 aliphatic carbocycles. The van der Waals surface area contributed by atoms with Crippen LogP contribution in [-0.2, 0) is 10.0 Å². The third-order valence-corrected chi connectivity index (χ3v) is 6.17. The number of aromatic nitrogens is 1. The first kappa shape index (κ1) is 15.5. The molecular formula is C9H4Br2Cl2N2O2S2. The minimum absolute atomic E-state index is 0.0301. The average molecular weight is 467 g/mol. The SMILES string of the molecule is O=S(=O)(Nc1ncc(Br)s1)c1c(Cl)cc(Br)cc1Cl. The summed E-state index contributed by atoms with van der Waals surface area (Å²) in [4.78, 5) is 3.71. The van der Waals surface area contributed by atoms with Gasteiger partial charge in [0.15, 0.2) is 5.13 Å². The molecule has 0 saturated heterocycles. The van der Waals surface area contributed by atoms with Crippen LogP contribution in [0.5, 0.6) is 0 Å². The largest absolute Gasteiger partial charge is 0.266 e. The number of hydrogen-bond donors (Lipinski definition) is 1. The van der Waals surface area contributed by atoms with Gasteiger partial charge in [0.05, 0.1) is 20.0 Å². The molecule has 0 bridgehead atoms. The van der Waals surface area contributed by atoms with E-state index in [1.165, 1.54) is 18.3 Å². The first-order valence-corrected chi connectivity index (χ1v) is 9.22. The van der Waals surface area contributed by atoms with Gasteiger partial charge in [0.25, 0.3) is 10.0 Å². The molecule has 0 atom stereocenters. The highest BCUT2D eigenvalue weighted by Crippen LogP contribution is 2.34. The van der Waals surface area contributed by atoms with Crippen LogP contribution in [0.4, 0.5) is 5.13 Å². The summed E-state index contributed by atoms with van der Waals surface area (Å²) in [5.74, 6) is 0. The zero-order chi connectivity index (χ0) is 14.2. The summed E-state index contributed by atoms with van der Waals surface area (Å²) in [6.07, 6.45) is 1.49. The van der Waals surface area contributed by atoms with E-state index in [4.69, 9.17) is 23.2 Å². The third-order valence-electron chi connectivity index (χ3n) is 1.93. The van der Waals surface area contributed by atoms with Crippen LogP contribution >= 0.6 is 66.4 Å². The smallest absolute Gasteiger partial charge is 0.255 e. The summed E-state index contributed by atoms with van der Waals surface area (Å²) in [6, 6.07) is 2.92. The molecule has 0 saturated carbocycles. The number of thiazole rings is 1. The Morgan fingerprint density at radius 3 is 2.26 bits per heavy atom. The molecule has 0 aliphatic rings. The predicted molar refractivity (Wildman–Crippen MR) is 84.8 cm³/mol. The van der Waals surface area contributed by atoms with E-state index in [2.05, 4.69) is 41.6 Å². The maximum Gasteiger partial charge on any atom is 0.266 e. The zero-order valence-electron chi connectivity index (χ0n) is 8.82. The van der Waals surface area contributed by atoms with Crippen LogP contribution in [0, 0.1) is 0 Å². The van der Waals surface area contributed by atoms with Crippen LogP contribution in [0.15, 0.2) is 31.5 Å². The Hall–Kier alpha value is 0.140. The normalized spacial score (nSPS) is 11.6. The lowest BCUT2D eigenvalue weighted by molar-refractivity contribution is 0.601. The van der Waals surface area contributed by atoms with E-state index in [-0.39, 0.29) is 20.1 Å². The Balaban J connectivity index is 2.45. The molecule has 0 fully saturated rings. The van der Waals surface area contributed by atoms with Gasteiger partial charge in [0.1, 0.15) is 4.90 Å². The Labute approximate surface area is 140 Å². The van der Waals surface area contributed by atoms with Crippen molar-refractivity contribution in [2.75, 3.05) is 4.72 Å². The average Bonchev–Trinajstić information content (AvgIpc) is 2.60. The summed E-state index contributed by atoms with van der Waals surface area (Å²) in [5, 5.41) is 0.284. The van der Waals surface area contributed by atoms with E-state index < -0.39 is 10.0 Å². The van der Waals surface area contributed by atoms with Crippen molar-refractivity contribution in [1.82, 2.24) is 4.98 Å². The summed E-state index contributed by atoms with van der Waals surface area (Å²) >= 11 is 19.4. The Morgan fingerprint density at radius 1 is 1.21 bits per heavy atom. The lowest BCUT2D eigenvalue weighted by Gasteiger charge is -2.09. The van der Waals surface area contributed by atoms with E-state index in [9.17, 15) is 8.42 Å². The molecule has 102 valence electrons. The molecule has 4 nitrogen and oxygen atoms in total. The predicted octanol–water partition coefficient (Wildman–Crippen LogP) is 4.78. The quantitative estimate of drug-likeness (QED) is 0.708. The molecule has 1 aromatic heterocycles. The second kappa shape index (κ2) is 5.87. The molecule has 10 heteroatoms. The summed E-state index contributed by atoms with van der Waals surface area (Å²) in [6.45, 7) is 0. The molecule has 1 heterocycles. The van der Waals surface area contributed by atoms with Crippen LogP contribution in [0.3, 0.4) is 0 Å². The third kappa shape index (κ3) is 3.62. The molecule has 0 aliphatic heterocycles. The van der Waals surface area contributed by atoms with Crippen molar-refractivity contribution in [3.63, 3.8) is 0 Å². The topological polar surface area (TPSA) is 59.1 Å². The molecule has 2 aromatic rings. The van der Waals surface area contributed by atoms with E-state index in [1.54, 1.807) is 0 Å².